The van der Waals surface area contributed by atoms with E-state index >= 15 is 0 Å². The van der Waals surface area contributed by atoms with Crippen LogP contribution in [0.4, 0.5) is 5.69 Å². The van der Waals surface area contributed by atoms with Crippen LogP contribution in [0.2, 0.25) is 0 Å². The average molecular weight is 525 g/mol. The molecule has 1 amide bonds. The maximum absolute atomic E-state index is 13.7. The van der Waals surface area contributed by atoms with E-state index in [1.165, 1.54) is 26.0 Å². The van der Waals surface area contributed by atoms with Crippen molar-refractivity contribution in [1.29, 1.82) is 0 Å². The second-order valence-electron chi connectivity index (χ2n) is 10.5. The van der Waals surface area contributed by atoms with Gasteiger partial charge in [0.15, 0.2) is 0 Å². The van der Waals surface area contributed by atoms with Crippen LogP contribution in [-0.2, 0) is 28.7 Å². The SMILES string of the molecule is CC(=O)O[C@]12CCC(C(=O)Nc3ccc(C)cc3)=CC[C@]13CC[C@H]2[C@@](C)(/C=C/C=C(\C)C(=O)[O-])OC3=O.[NH4+]. The number of amides is 1. The number of anilines is 1. The molecule has 1 aromatic carbocycles. The summed E-state index contributed by atoms with van der Waals surface area (Å²) in [6, 6.07) is 7.48. The van der Waals surface area contributed by atoms with Crippen LogP contribution in [0.15, 0.2) is 59.7 Å². The molecule has 0 aromatic heterocycles. The van der Waals surface area contributed by atoms with Gasteiger partial charge in [-0.15, -0.1) is 0 Å². The molecule has 2 bridgehead atoms. The number of rotatable bonds is 6. The highest BCUT2D eigenvalue weighted by molar-refractivity contribution is 6.04. The number of carbonyl (C=O) groups excluding carboxylic acids is 4. The molecule has 1 aliphatic heterocycles. The van der Waals surface area contributed by atoms with E-state index in [2.05, 4.69) is 5.32 Å². The van der Waals surface area contributed by atoms with Crippen LogP contribution in [0, 0.1) is 18.3 Å². The smallest absolute Gasteiger partial charge is 0.317 e. The summed E-state index contributed by atoms with van der Waals surface area (Å²) in [5.74, 6) is -2.91. The van der Waals surface area contributed by atoms with Gasteiger partial charge < -0.3 is 30.8 Å². The van der Waals surface area contributed by atoms with Crippen molar-refractivity contribution in [2.75, 3.05) is 5.32 Å². The summed E-state index contributed by atoms with van der Waals surface area (Å²) in [7, 11) is 0. The highest BCUT2D eigenvalue weighted by atomic mass is 16.6. The highest BCUT2D eigenvalue weighted by Gasteiger charge is 2.74. The molecule has 4 atom stereocenters. The summed E-state index contributed by atoms with van der Waals surface area (Å²) in [6.07, 6.45) is 8.18. The van der Waals surface area contributed by atoms with Crippen molar-refractivity contribution in [3.8, 4) is 0 Å². The van der Waals surface area contributed by atoms with E-state index in [1.54, 1.807) is 19.1 Å². The first kappa shape index (κ1) is 28.8. The molecule has 3 aliphatic rings. The van der Waals surface area contributed by atoms with Crippen molar-refractivity contribution in [1.82, 2.24) is 6.15 Å². The summed E-state index contributed by atoms with van der Waals surface area (Å²) in [5, 5.41) is 14.0. The highest BCUT2D eigenvalue weighted by Crippen LogP contribution is 2.65. The Morgan fingerprint density at radius 1 is 1.16 bits per heavy atom. The Hall–Kier alpha value is -3.72. The van der Waals surface area contributed by atoms with Gasteiger partial charge in [-0.05, 0) is 76.7 Å². The molecule has 0 unspecified atom stereocenters. The van der Waals surface area contributed by atoms with Crippen molar-refractivity contribution >= 4 is 29.5 Å². The largest absolute Gasteiger partial charge is 0.545 e. The molecule has 2 fully saturated rings. The first-order chi connectivity index (χ1) is 17.4. The fraction of sp³-hybridized carbons (Fsp3) is 0.448. The number of allylic oxidation sites excluding steroid dienone is 3. The summed E-state index contributed by atoms with van der Waals surface area (Å²) in [4.78, 5) is 50.3. The molecule has 9 nitrogen and oxygen atoms in total. The number of esters is 2. The predicted molar refractivity (Wildman–Crippen MR) is 140 cm³/mol. The van der Waals surface area contributed by atoms with Crippen LogP contribution < -0.4 is 16.6 Å². The van der Waals surface area contributed by atoms with Crippen LogP contribution in [0.5, 0.6) is 0 Å². The molecular weight excluding hydrogens is 488 g/mol. The lowest BCUT2D eigenvalue weighted by atomic mass is 9.62. The van der Waals surface area contributed by atoms with Crippen molar-refractivity contribution < 1.29 is 33.8 Å². The molecule has 1 aromatic rings. The van der Waals surface area contributed by atoms with Gasteiger partial charge in [-0.25, -0.2) is 0 Å². The minimum absolute atomic E-state index is 0. The first-order valence-electron chi connectivity index (χ1n) is 12.5. The maximum atomic E-state index is 13.7. The number of hydrogen-bond acceptors (Lipinski definition) is 7. The van der Waals surface area contributed by atoms with Crippen LogP contribution in [-0.4, -0.2) is 35.0 Å². The van der Waals surface area contributed by atoms with Gasteiger partial charge in [-0.2, -0.15) is 0 Å². The average Bonchev–Trinajstić information content (AvgIpc) is 2.97. The zero-order chi connectivity index (χ0) is 27.0. The van der Waals surface area contributed by atoms with E-state index in [-0.39, 0.29) is 36.4 Å². The number of aliphatic carboxylic acids is 1. The lowest BCUT2D eigenvalue weighted by Gasteiger charge is -2.54. The lowest BCUT2D eigenvalue weighted by molar-refractivity contribution is -0.299. The van der Waals surface area contributed by atoms with Crippen molar-refractivity contribution in [2.45, 2.75) is 71.0 Å². The van der Waals surface area contributed by atoms with Crippen LogP contribution in [0.3, 0.4) is 0 Å². The van der Waals surface area contributed by atoms with Gasteiger partial charge in [0.2, 0.25) is 0 Å². The number of carboxylic acid groups (broad SMARTS) is 1. The van der Waals surface area contributed by atoms with Crippen LogP contribution in [0.1, 0.15) is 58.4 Å². The number of ether oxygens (including phenoxy) is 2. The summed E-state index contributed by atoms with van der Waals surface area (Å²) < 4.78 is 12.1. The molecule has 0 radical (unpaired) electrons. The van der Waals surface area contributed by atoms with Crippen LogP contribution >= 0.6 is 0 Å². The van der Waals surface area contributed by atoms with Crippen molar-refractivity contribution in [2.24, 2.45) is 11.3 Å². The lowest BCUT2D eigenvalue weighted by Crippen LogP contribution is -2.65. The molecule has 2 aliphatic carbocycles. The monoisotopic (exact) mass is 524 g/mol. The molecule has 1 heterocycles. The Morgan fingerprint density at radius 2 is 1.84 bits per heavy atom. The maximum Gasteiger partial charge on any atom is 0.317 e. The Kier molecular flexibility index (Phi) is 8.02. The normalized spacial score (nSPS) is 30.3. The summed E-state index contributed by atoms with van der Waals surface area (Å²) in [5.41, 5.74) is -1.09. The molecule has 0 spiro atoms. The number of nitrogens with one attached hydrogen (secondary N) is 1. The zero-order valence-electron chi connectivity index (χ0n) is 22.6. The molecule has 204 valence electrons. The second-order valence-corrected chi connectivity index (χ2v) is 10.5. The molecule has 1 saturated carbocycles. The Morgan fingerprint density at radius 3 is 2.47 bits per heavy atom. The van der Waals surface area contributed by atoms with Gasteiger partial charge in [0.25, 0.3) is 5.91 Å². The second kappa shape index (κ2) is 10.6. The van der Waals surface area contributed by atoms with Gasteiger partial charge in [0.05, 0.1) is 5.97 Å². The van der Waals surface area contributed by atoms with Crippen LogP contribution in [0.25, 0.3) is 0 Å². The van der Waals surface area contributed by atoms with Gasteiger partial charge >= 0.3 is 11.9 Å². The van der Waals surface area contributed by atoms with Gasteiger partial charge in [0, 0.05) is 24.1 Å². The zero-order valence-corrected chi connectivity index (χ0v) is 22.6. The topological polar surface area (TPSA) is 158 Å². The number of hydrogen-bond donors (Lipinski definition) is 2. The van der Waals surface area contributed by atoms with Gasteiger partial charge in [-0.3, -0.25) is 14.4 Å². The molecule has 9 heteroatoms. The number of carboxylic acids is 1. The van der Waals surface area contributed by atoms with Gasteiger partial charge in [-0.1, -0.05) is 35.9 Å². The molecule has 4 rings (SSSR count). The van der Waals surface area contributed by atoms with Gasteiger partial charge in [0.1, 0.15) is 16.6 Å². The number of benzene rings is 1. The fourth-order valence-electron chi connectivity index (χ4n) is 6.19. The first-order valence-corrected chi connectivity index (χ1v) is 12.5. The molecule has 38 heavy (non-hydrogen) atoms. The number of aryl methyl sites for hydroxylation is 1. The minimum atomic E-state index is -1.29. The molecule has 1 saturated heterocycles. The van der Waals surface area contributed by atoms with E-state index < -0.39 is 34.5 Å². The van der Waals surface area contributed by atoms with E-state index in [9.17, 15) is 24.3 Å². The van der Waals surface area contributed by atoms with E-state index in [1.807, 2.05) is 31.2 Å². The van der Waals surface area contributed by atoms with Crippen molar-refractivity contribution in [3.05, 3.63) is 65.3 Å². The quantitative estimate of drug-likeness (QED) is 0.326. The number of cyclic esters (lactones) is 1. The number of quaternary nitrogens is 1. The van der Waals surface area contributed by atoms with Crippen molar-refractivity contribution in [3.63, 3.8) is 0 Å². The number of carbonyl (C=O) groups is 4. The third kappa shape index (κ3) is 4.90. The molecule has 5 N–H and O–H groups in total. The summed E-state index contributed by atoms with van der Waals surface area (Å²) >= 11 is 0. The Balaban J connectivity index is 0.00000400. The Bertz CT molecular complexity index is 1230. The third-order valence-electron chi connectivity index (χ3n) is 8.11. The van der Waals surface area contributed by atoms with E-state index in [4.69, 9.17) is 9.47 Å². The van der Waals surface area contributed by atoms with E-state index in [0.717, 1.165) is 5.56 Å². The predicted octanol–water partition coefficient (Wildman–Crippen LogP) is 3.69. The standard InChI is InChI=1S/C29H33NO7.H3N/c1-18-7-9-22(10-8-18)30-24(32)21-11-15-28-16-13-23(29(28,17-12-21)36-20(3)31)27(4,37-26(28)35)14-5-6-19(2)25(33)34;/h5-11,14,23H,12-13,15-17H2,1-4H3,(H,30,32)(H,33,34);1H3/b14-5+,19-6+;/t23-,27+,28+,29-;/m0./s1. The third-order valence-corrected chi connectivity index (χ3v) is 8.11. The Labute approximate surface area is 222 Å². The molecular formula is C29H36N2O7. The summed E-state index contributed by atoms with van der Waals surface area (Å²) in [6.45, 7) is 6.45. The minimum Gasteiger partial charge on any atom is -0.545 e. The van der Waals surface area contributed by atoms with E-state index in [0.29, 0.717) is 30.5 Å². The fourth-order valence-corrected chi connectivity index (χ4v) is 6.19.